The minimum absolute atomic E-state index is 0.0459. The Morgan fingerprint density at radius 2 is 2.19 bits per heavy atom. The zero-order chi connectivity index (χ0) is 15.5. The molecule has 0 aliphatic carbocycles. The third-order valence-electron chi connectivity index (χ3n) is 2.87. The van der Waals surface area contributed by atoms with Crippen LogP contribution in [-0.2, 0) is 16.6 Å². The van der Waals surface area contributed by atoms with E-state index >= 15 is 0 Å². The van der Waals surface area contributed by atoms with Crippen LogP contribution >= 0.6 is 0 Å². The number of aromatic carboxylic acids is 1. The van der Waals surface area contributed by atoms with Gasteiger partial charge in [0, 0.05) is 32.2 Å². The number of pyridine rings is 1. The molecule has 0 amide bonds. The molecular formula is C12H14N4O4S. The highest BCUT2D eigenvalue weighted by molar-refractivity contribution is 7.89. The number of likely N-dealkylation sites (N-methyl/N-ethyl adjacent to an activating group) is 1. The third-order valence-corrected chi connectivity index (χ3v) is 4.71. The van der Waals surface area contributed by atoms with Crippen molar-refractivity contribution in [3.63, 3.8) is 0 Å². The molecule has 0 bridgehead atoms. The van der Waals surface area contributed by atoms with Crippen LogP contribution in [0.2, 0.25) is 0 Å². The minimum atomic E-state index is -3.70. The Balaban J connectivity index is 2.10. The zero-order valence-corrected chi connectivity index (χ0v) is 12.1. The topological polar surface area (TPSA) is 105 Å². The Hall–Kier alpha value is -2.26. The van der Waals surface area contributed by atoms with E-state index in [1.54, 1.807) is 23.1 Å². The van der Waals surface area contributed by atoms with Crippen LogP contribution in [0.25, 0.3) is 0 Å². The molecule has 0 spiro atoms. The van der Waals surface area contributed by atoms with E-state index in [-0.39, 0.29) is 17.1 Å². The van der Waals surface area contributed by atoms with Crippen LogP contribution in [0.4, 0.5) is 0 Å². The first kappa shape index (κ1) is 15.1. The zero-order valence-electron chi connectivity index (χ0n) is 11.2. The second kappa shape index (κ2) is 6.02. The van der Waals surface area contributed by atoms with Crippen molar-refractivity contribution in [2.24, 2.45) is 0 Å². The Morgan fingerprint density at radius 1 is 1.43 bits per heavy atom. The number of carboxylic acids is 1. The molecular weight excluding hydrogens is 296 g/mol. The highest BCUT2D eigenvalue weighted by Gasteiger charge is 2.21. The Kier molecular flexibility index (Phi) is 4.34. The summed E-state index contributed by atoms with van der Waals surface area (Å²) in [5.41, 5.74) is -0.201. The molecule has 1 N–H and O–H groups in total. The van der Waals surface area contributed by atoms with E-state index < -0.39 is 16.0 Å². The molecule has 0 atom stereocenters. The van der Waals surface area contributed by atoms with Crippen molar-refractivity contribution in [3.8, 4) is 0 Å². The van der Waals surface area contributed by atoms with Gasteiger partial charge in [-0.05, 0) is 18.2 Å². The molecule has 0 saturated carbocycles. The molecule has 2 heterocycles. The lowest BCUT2D eigenvalue weighted by atomic mass is 10.4. The van der Waals surface area contributed by atoms with Gasteiger partial charge in [0.05, 0.1) is 6.54 Å². The standard InChI is InChI=1S/C12H14N4O4S/c1-15(7-8-16-6-2-5-14-16)21(19,20)10-3-4-11(12(17)18)13-9-10/h2-6,9H,7-8H2,1H3,(H,17,18). The van der Waals surface area contributed by atoms with Gasteiger partial charge in [0.15, 0.2) is 0 Å². The number of rotatable bonds is 6. The summed E-state index contributed by atoms with van der Waals surface area (Å²) >= 11 is 0. The fourth-order valence-electron chi connectivity index (χ4n) is 1.64. The summed E-state index contributed by atoms with van der Waals surface area (Å²) in [4.78, 5) is 14.3. The highest BCUT2D eigenvalue weighted by Crippen LogP contribution is 2.13. The summed E-state index contributed by atoms with van der Waals surface area (Å²) in [5, 5.41) is 12.7. The smallest absolute Gasteiger partial charge is 0.354 e. The number of aromatic nitrogens is 3. The number of hydrogen-bond acceptors (Lipinski definition) is 5. The van der Waals surface area contributed by atoms with Crippen molar-refractivity contribution < 1.29 is 18.3 Å². The Bertz CT molecular complexity index is 710. The van der Waals surface area contributed by atoms with Gasteiger partial charge in [-0.1, -0.05) is 0 Å². The van der Waals surface area contributed by atoms with E-state index in [0.29, 0.717) is 6.54 Å². The fraction of sp³-hybridized carbons (Fsp3) is 0.250. The van der Waals surface area contributed by atoms with E-state index in [0.717, 1.165) is 12.3 Å². The summed E-state index contributed by atoms with van der Waals surface area (Å²) in [7, 11) is -2.25. The molecule has 0 fully saturated rings. The normalized spacial score (nSPS) is 11.7. The van der Waals surface area contributed by atoms with Crippen LogP contribution in [0.15, 0.2) is 41.7 Å². The average molecular weight is 310 g/mol. The van der Waals surface area contributed by atoms with Gasteiger partial charge in [0.25, 0.3) is 0 Å². The molecule has 21 heavy (non-hydrogen) atoms. The number of sulfonamides is 1. The summed E-state index contributed by atoms with van der Waals surface area (Å²) < 4.78 is 27.4. The van der Waals surface area contributed by atoms with Crippen molar-refractivity contribution in [1.29, 1.82) is 0 Å². The van der Waals surface area contributed by atoms with E-state index in [1.807, 2.05) is 0 Å². The van der Waals surface area contributed by atoms with Gasteiger partial charge in [-0.25, -0.2) is 18.2 Å². The first-order valence-corrected chi connectivity index (χ1v) is 7.48. The molecule has 0 aliphatic rings. The predicted molar refractivity (Wildman–Crippen MR) is 73.2 cm³/mol. The van der Waals surface area contributed by atoms with Crippen LogP contribution in [-0.4, -0.2) is 52.2 Å². The second-order valence-electron chi connectivity index (χ2n) is 4.28. The van der Waals surface area contributed by atoms with Gasteiger partial charge in [0.2, 0.25) is 10.0 Å². The highest BCUT2D eigenvalue weighted by atomic mass is 32.2. The molecule has 0 radical (unpaired) electrons. The maximum absolute atomic E-state index is 12.3. The Morgan fingerprint density at radius 3 is 2.71 bits per heavy atom. The molecule has 8 nitrogen and oxygen atoms in total. The maximum Gasteiger partial charge on any atom is 0.354 e. The van der Waals surface area contributed by atoms with Gasteiger partial charge in [-0.15, -0.1) is 0 Å². The summed E-state index contributed by atoms with van der Waals surface area (Å²) in [6, 6.07) is 4.15. The summed E-state index contributed by atoms with van der Waals surface area (Å²) in [6.07, 6.45) is 4.40. The number of nitrogens with zero attached hydrogens (tertiary/aromatic N) is 4. The fourth-order valence-corrected chi connectivity index (χ4v) is 2.74. The van der Waals surface area contributed by atoms with Crippen LogP contribution in [0.5, 0.6) is 0 Å². The van der Waals surface area contributed by atoms with E-state index in [9.17, 15) is 13.2 Å². The second-order valence-corrected chi connectivity index (χ2v) is 6.32. The monoisotopic (exact) mass is 310 g/mol. The van der Waals surface area contributed by atoms with Crippen molar-refractivity contribution in [3.05, 3.63) is 42.5 Å². The van der Waals surface area contributed by atoms with E-state index in [2.05, 4.69) is 10.1 Å². The lowest BCUT2D eigenvalue weighted by molar-refractivity contribution is 0.0690. The largest absolute Gasteiger partial charge is 0.477 e. The third kappa shape index (κ3) is 3.44. The number of carboxylic acid groups (broad SMARTS) is 1. The molecule has 0 aliphatic heterocycles. The van der Waals surface area contributed by atoms with Gasteiger partial charge < -0.3 is 5.11 Å². The average Bonchev–Trinajstić information content (AvgIpc) is 2.98. The van der Waals surface area contributed by atoms with Crippen molar-refractivity contribution >= 4 is 16.0 Å². The van der Waals surface area contributed by atoms with Crippen molar-refractivity contribution in [2.45, 2.75) is 11.4 Å². The van der Waals surface area contributed by atoms with Gasteiger partial charge in [-0.2, -0.15) is 9.40 Å². The molecule has 0 aromatic carbocycles. The lowest BCUT2D eigenvalue weighted by Crippen LogP contribution is -2.30. The quantitative estimate of drug-likeness (QED) is 0.822. The first-order chi connectivity index (χ1) is 9.91. The number of carbonyl (C=O) groups is 1. The molecule has 0 saturated heterocycles. The predicted octanol–water partition coefficient (Wildman–Crippen LogP) is 0.297. The maximum atomic E-state index is 12.3. The molecule has 112 valence electrons. The first-order valence-electron chi connectivity index (χ1n) is 6.04. The molecule has 9 heteroatoms. The molecule has 2 rings (SSSR count). The van der Waals surface area contributed by atoms with Crippen LogP contribution in [0.1, 0.15) is 10.5 Å². The molecule has 2 aromatic rings. The van der Waals surface area contributed by atoms with Crippen LogP contribution < -0.4 is 0 Å². The van der Waals surface area contributed by atoms with Crippen LogP contribution in [0, 0.1) is 0 Å². The molecule has 2 aromatic heterocycles. The van der Waals surface area contributed by atoms with E-state index in [1.165, 1.54) is 17.4 Å². The lowest BCUT2D eigenvalue weighted by Gasteiger charge is -2.16. The minimum Gasteiger partial charge on any atom is -0.477 e. The summed E-state index contributed by atoms with van der Waals surface area (Å²) in [5.74, 6) is -1.20. The van der Waals surface area contributed by atoms with Crippen molar-refractivity contribution in [2.75, 3.05) is 13.6 Å². The van der Waals surface area contributed by atoms with Crippen molar-refractivity contribution in [1.82, 2.24) is 19.1 Å². The van der Waals surface area contributed by atoms with Crippen LogP contribution in [0.3, 0.4) is 0 Å². The SMILES string of the molecule is CN(CCn1cccn1)S(=O)(=O)c1ccc(C(=O)O)nc1. The summed E-state index contributed by atoms with van der Waals surface area (Å²) in [6.45, 7) is 0.661. The van der Waals surface area contributed by atoms with Gasteiger partial charge in [0.1, 0.15) is 10.6 Å². The van der Waals surface area contributed by atoms with Gasteiger partial charge >= 0.3 is 5.97 Å². The van der Waals surface area contributed by atoms with Gasteiger partial charge in [-0.3, -0.25) is 4.68 Å². The number of hydrogen-bond donors (Lipinski definition) is 1. The van der Waals surface area contributed by atoms with E-state index in [4.69, 9.17) is 5.11 Å². The molecule has 0 unspecified atom stereocenters. The Labute approximate surface area is 121 Å².